The van der Waals surface area contributed by atoms with Crippen LogP contribution in [0.2, 0.25) is 0 Å². The molecule has 0 aliphatic heterocycles. The van der Waals surface area contributed by atoms with E-state index in [0.29, 0.717) is 5.69 Å². The summed E-state index contributed by atoms with van der Waals surface area (Å²) in [6, 6.07) is 14.9. The van der Waals surface area contributed by atoms with Gasteiger partial charge in [0, 0.05) is 5.69 Å². The van der Waals surface area contributed by atoms with Gasteiger partial charge in [-0.3, -0.25) is 9.59 Å². The fourth-order valence-corrected chi connectivity index (χ4v) is 2.67. The molecule has 5 heteroatoms. The second kappa shape index (κ2) is 9.04. The fraction of sp³-hybridized carbons (Fsp3) is 0.333. The van der Waals surface area contributed by atoms with E-state index in [-0.39, 0.29) is 18.2 Å². The van der Waals surface area contributed by atoms with Gasteiger partial charge in [-0.05, 0) is 48.6 Å². The Labute approximate surface area is 154 Å². The molecule has 0 fully saturated rings. The third kappa shape index (κ3) is 5.34. The molecule has 2 rings (SSSR count). The summed E-state index contributed by atoms with van der Waals surface area (Å²) in [6.07, 6.45) is 0.279. The third-order valence-corrected chi connectivity index (χ3v) is 4.25. The van der Waals surface area contributed by atoms with Crippen LogP contribution in [0.5, 0.6) is 5.75 Å². The highest BCUT2D eigenvalue weighted by Crippen LogP contribution is 2.22. The number of carboxylic acid groups (broad SMARTS) is 1. The third-order valence-electron chi connectivity index (χ3n) is 4.25. The van der Waals surface area contributed by atoms with Crippen molar-refractivity contribution in [3.8, 4) is 5.75 Å². The molecule has 2 aromatic rings. The Hall–Kier alpha value is -2.82. The zero-order chi connectivity index (χ0) is 19.1. The standard InChI is InChI=1S/C21H25NO4/c1-4-16-7-5-6-8-19(16)26-15(3)21(25)22-18-11-9-17(10-12-18)14(2)13-20(23)24/h5-12,14-15H,4,13H2,1-3H3,(H,22,25)(H,23,24). The van der Waals surface area contributed by atoms with Gasteiger partial charge in [-0.15, -0.1) is 0 Å². The lowest BCUT2D eigenvalue weighted by Crippen LogP contribution is -2.30. The molecule has 26 heavy (non-hydrogen) atoms. The SMILES string of the molecule is CCc1ccccc1OC(C)C(=O)Nc1ccc(C(C)CC(=O)O)cc1. The van der Waals surface area contributed by atoms with E-state index in [1.807, 2.05) is 50.2 Å². The molecule has 1 amide bonds. The van der Waals surface area contributed by atoms with Gasteiger partial charge in [0.1, 0.15) is 5.75 Å². The first-order chi connectivity index (χ1) is 12.4. The van der Waals surface area contributed by atoms with Crippen LogP contribution in [-0.4, -0.2) is 23.1 Å². The van der Waals surface area contributed by atoms with Gasteiger partial charge >= 0.3 is 5.97 Å². The second-order valence-corrected chi connectivity index (χ2v) is 6.33. The molecule has 2 unspecified atom stereocenters. The highest BCUT2D eigenvalue weighted by molar-refractivity contribution is 5.94. The molecule has 0 aromatic heterocycles. The van der Waals surface area contributed by atoms with E-state index in [4.69, 9.17) is 9.84 Å². The minimum absolute atomic E-state index is 0.0768. The van der Waals surface area contributed by atoms with Crippen molar-refractivity contribution in [1.82, 2.24) is 0 Å². The summed E-state index contributed by atoms with van der Waals surface area (Å²) in [4.78, 5) is 23.2. The number of hydrogen-bond donors (Lipinski definition) is 2. The van der Waals surface area contributed by atoms with Crippen LogP contribution in [0, 0.1) is 0 Å². The average molecular weight is 355 g/mol. The molecule has 0 aliphatic rings. The number of anilines is 1. The molecule has 0 spiro atoms. The summed E-state index contributed by atoms with van der Waals surface area (Å²) in [5.74, 6) is -0.420. The summed E-state index contributed by atoms with van der Waals surface area (Å²) < 4.78 is 5.80. The molecule has 2 atom stereocenters. The number of carbonyl (C=O) groups is 2. The summed E-state index contributed by atoms with van der Waals surface area (Å²) in [6.45, 7) is 5.62. The van der Waals surface area contributed by atoms with Crippen LogP contribution in [0.3, 0.4) is 0 Å². The van der Waals surface area contributed by atoms with Crippen LogP contribution in [0.4, 0.5) is 5.69 Å². The van der Waals surface area contributed by atoms with Gasteiger partial charge in [0.25, 0.3) is 5.91 Å². The number of aliphatic carboxylic acids is 1. The number of hydrogen-bond acceptors (Lipinski definition) is 3. The number of ether oxygens (including phenoxy) is 1. The normalized spacial score (nSPS) is 12.9. The highest BCUT2D eigenvalue weighted by atomic mass is 16.5. The molecule has 0 saturated carbocycles. The maximum atomic E-state index is 12.4. The number of amides is 1. The van der Waals surface area contributed by atoms with Gasteiger partial charge in [-0.2, -0.15) is 0 Å². The molecule has 0 radical (unpaired) electrons. The Kier molecular flexibility index (Phi) is 6.78. The number of aryl methyl sites for hydroxylation is 1. The maximum absolute atomic E-state index is 12.4. The van der Waals surface area contributed by atoms with Crippen LogP contribution < -0.4 is 10.1 Å². The molecule has 2 aromatic carbocycles. The number of nitrogens with one attached hydrogen (secondary N) is 1. The van der Waals surface area contributed by atoms with Gasteiger partial charge in [0.2, 0.25) is 0 Å². The lowest BCUT2D eigenvalue weighted by atomic mass is 9.98. The predicted molar refractivity (Wildman–Crippen MR) is 102 cm³/mol. The molecule has 0 heterocycles. The van der Waals surface area contributed by atoms with Crippen LogP contribution in [-0.2, 0) is 16.0 Å². The van der Waals surface area contributed by atoms with E-state index in [9.17, 15) is 9.59 Å². The van der Waals surface area contributed by atoms with Gasteiger partial charge in [-0.1, -0.05) is 44.2 Å². The fourth-order valence-electron chi connectivity index (χ4n) is 2.67. The average Bonchev–Trinajstić information content (AvgIpc) is 2.62. The lowest BCUT2D eigenvalue weighted by Gasteiger charge is -2.17. The summed E-state index contributed by atoms with van der Waals surface area (Å²) >= 11 is 0. The van der Waals surface area contributed by atoms with E-state index in [1.165, 1.54) is 0 Å². The molecule has 5 nitrogen and oxygen atoms in total. The number of carbonyl (C=O) groups excluding carboxylic acids is 1. The Morgan fingerprint density at radius 1 is 1.08 bits per heavy atom. The van der Waals surface area contributed by atoms with Crippen LogP contribution in [0.1, 0.15) is 44.2 Å². The first kappa shape index (κ1) is 19.5. The first-order valence-corrected chi connectivity index (χ1v) is 8.77. The van der Waals surface area contributed by atoms with Crippen molar-refractivity contribution in [2.45, 2.75) is 45.6 Å². The molecule has 138 valence electrons. The molecule has 0 aliphatic carbocycles. The number of carboxylic acids is 1. The van der Waals surface area contributed by atoms with Crippen molar-refractivity contribution in [2.75, 3.05) is 5.32 Å². The van der Waals surface area contributed by atoms with E-state index >= 15 is 0 Å². The minimum Gasteiger partial charge on any atom is -0.481 e. The molecular weight excluding hydrogens is 330 g/mol. The number of rotatable bonds is 8. The van der Waals surface area contributed by atoms with Crippen molar-refractivity contribution in [2.24, 2.45) is 0 Å². The molecule has 0 saturated heterocycles. The van der Waals surface area contributed by atoms with Crippen molar-refractivity contribution in [3.05, 3.63) is 59.7 Å². The van der Waals surface area contributed by atoms with Crippen molar-refractivity contribution in [3.63, 3.8) is 0 Å². The Balaban J connectivity index is 1.97. The maximum Gasteiger partial charge on any atom is 0.303 e. The van der Waals surface area contributed by atoms with Crippen molar-refractivity contribution >= 4 is 17.6 Å². The van der Waals surface area contributed by atoms with Crippen molar-refractivity contribution < 1.29 is 19.4 Å². The topological polar surface area (TPSA) is 75.6 Å². The van der Waals surface area contributed by atoms with Gasteiger partial charge in [-0.25, -0.2) is 0 Å². The van der Waals surface area contributed by atoms with E-state index < -0.39 is 12.1 Å². The van der Waals surface area contributed by atoms with Crippen LogP contribution in [0.15, 0.2) is 48.5 Å². The monoisotopic (exact) mass is 355 g/mol. The number of benzene rings is 2. The highest BCUT2D eigenvalue weighted by Gasteiger charge is 2.16. The first-order valence-electron chi connectivity index (χ1n) is 8.77. The number of para-hydroxylation sites is 1. The Morgan fingerprint density at radius 2 is 1.73 bits per heavy atom. The van der Waals surface area contributed by atoms with E-state index in [1.54, 1.807) is 19.1 Å². The van der Waals surface area contributed by atoms with Gasteiger partial charge < -0.3 is 15.2 Å². The van der Waals surface area contributed by atoms with Gasteiger partial charge in [0.15, 0.2) is 6.10 Å². The van der Waals surface area contributed by atoms with Gasteiger partial charge in [0.05, 0.1) is 6.42 Å². The zero-order valence-corrected chi connectivity index (χ0v) is 15.4. The zero-order valence-electron chi connectivity index (χ0n) is 15.4. The predicted octanol–water partition coefficient (Wildman–Crippen LogP) is 4.23. The summed E-state index contributed by atoms with van der Waals surface area (Å²) in [5.41, 5.74) is 2.64. The minimum atomic E-state index is -0.826. The van der Waals surface area contributed by atoms with Crippen LogP contribution >= 0.6 is 0 Å². The molecular formula is C21H25NO4. The Bertz CT molecular complexity index is 755. The quantitative estimate of drug-likeness (QED) is 0.743. The lowest BCUT2D eigenvalue weighted by molar-refractivity contribution is -0.137. The van der Waals surface area contributed by atoms with Crippen molar-refractivity contribution in [1.29, 1.82) is 0 Å². The summed E-state index contributed by atoms with van der Waals surface area (Å²) in [7, 11) is 0. The second-order valence-electron chi connectivity index (χ2n) is 6.33. The van der Waals surface area contributed by atoms with E-state index in [0.717, 1.165) is 23.3 Å². The molecule has 0 bridgehead atoms. The summed E-state index contributed by atoms with van der Waals surface area (Å²) in [5, 5.41) is 11.7. The molecule has 2 N–H and O–H groups in total. The Morgan fingerprint density at radius 3 is 2.35 bits per heavy atom. The van der Waals surface area contributed by atoms with E-state index in [2.05, 4.69) is 5.32 Å². The van der Waals surface area contributed by atoms with Crippen LogP contribution in [0.25, 0.3) is 0 Å². The smallest absolute Gasteiger partial charge is 0.303 e. The largest absolute Gasteiger partial charge is 0.481 e.